The largest absolute Gasteiger partial charge is 0.369 e. The van der Waals surface area contributed by atoms with E-state index >= 15 is 0 Å². The molecule has 0 aliphatic carbocycles. The Bertz CT molecular complexity index is 1270. The summed E-state index contributed by atoms with van der Waals surface area (Å²) in [7, 11) is -3.71. The van der Waals surface area contributed by atoms with Crippen LogP contribution in [0.2, 0.25) is 0 Å². The topological polar surface area (TPSA) is 79.0 Å². The first-order valence-corrected chi connectivity index (χ1v) is 14.4. The Labute approximate surface area is 224 Å². The number of amides is 1. The Balaban J connectivity index is 1.40. The predicted molar refractivity (Wildman–Crippen MR) is 146 cm³/mol. The van der Waals surface area contributed by atoms with Crippen molar-refractivity contribution < 1.29 is 22.4 Å². The summed E-state index contributed by atoms with van der Waals surface area (Å²) in [6.07, 6.45) is 0.360. The van der Waals surface area contributed by atoms with Crippen molar-refractivity contribution in [1.82, 2.24) is 9.79 Å². The third-order valence-electron chi connectivity index (χ3n) is 6.87. The molecule has 4 rings (SSSR count). The van der Waals surface area contributed by atoms with E-state index in [1.54, 1.807) is 12.1 Å². The molecule has 0 aromatic heterocycles. The van der Waals surface area contributed by atoms with Gasteiger partial charge in [-0.1, -0.05) is 67.6 Å². The first-order chi connectivity index (χ1) is 18.3. The van der Waals surface area contributed by atoms with Crippen LogP contribution in [0.25, 0.3) is 0 Å². The van der Waals surface area contributed by atoms with Gasteiger partial charge in [-0.25, -0.2) is 18.3 Å². The first-order valence-electron chi connectivity index (χ1n) is 12.8. The lowest BCUT2D eigenvalue weighted by atomic mass is 9.91. The second-order valence-electron chi connectivity index (χ2n) is 9.63. The van der Waals surface area contributed by atoms with E-state index in [1.165, 1.54) is 16.4 Å². The number of hydroxylamine groups is 1. The van der Waals surface area contributed by atoms with Crippen LogP contribution < -0.4 is 10.4 Å². The van der Waals surface area contributed by atoms with Crippen LogP contribution in [0.4, 0.5) is 10.1 Å². The van der Waals surface area contributed by atoms with Gasteiger partial charge < -0.3 is 4.90 Å². The maximum absolute atomic E-state index is 13.4. The number of carbonyl (C=O) groups excluding carboxylic acids is 1. The second-order valence-corrected chi connectivity index (χ2v) is 11.6. The van der Waals surface area contributed by atoms with Crippen molar-refractivity contribution in [3.8, 4) is 0 Å². The van der Waals surface area contributed by atoms with Gasteiger partial charge in [0.05, 0.1) is 18.3 Å². The van der Waals surface area contributed by atoms with Crippen molar-refractivity contribution in [3.05, 3.63) is 102 Å². The van der Waals surface area contributed by atoms with Gasteiger partial charge in [0, 0.05) is 31.9 Å². The summed E-state index contributed by atoms with van der Waals surface area (Å²) < 4.78 is 41.6. The number of sulfonamides is 1. The maximum Gasteiger partial charge on any atom is 0.247 e. The van der Waals surface area contributed by atoms with E-state index in [4.69, 9.17) is 4.84 Å². The SMILES string of the molecule is CC(CC(CS(=O)(=O)N1CCN(c2ccc(F)cc2)CC1)C(=O)NOCc1ccccc1)c1ccccc1. The van der Waals surface area contributed by atoms with Crippen LogP contribution in [-0.2, 0) is 26.3 Å². The zero-order valence-electron chi connectivity index (χ0n) is 21.5. The third kappa shape index (κ3) is 7.63. The Hall–Kier alpha value is -3.27. The molecule has 1 aliphatic rings. The predicted octanol–water partition coefficient (Wildman–Crippen LogP) is 4.34. The highest BCUT2D eigenvalue weighted by atomic mass is 32.2. The minimum absolute atomic E-state index is 0.0217. The molecule has 0 spiro atoms. The molecule has 0 radical (unpaired) electrons. The Kier molecular flexibility index (Phi) is 9.49. The molecule has 9 heteroatoms. The average molecular weight is 540 g/mol. The monoisotopic (exact) mass is 539 g/mol. The molecular formula is C29H34FN3O4S. The molecule has 1 fully saturated rings. The molecule has 2 atom stereocenters. The number of piperazine rings is 1. The van der Waals surface area contributed by atoms with E-state index in [0.717, 1.165) is 16.8 Å². The molecule has 3 aromatic carbocycles. The van der Waals surface area contributed by atoms with Gasteiger partial charge in [-0.2, -0.15) is 4.31 Å². The highest BCUT2D eigenvalue weighted by Gasteiger charge is 2.33. The number of hydrogen-bond acceptors (Lipinski definition) is 5. The molecule has 1 aliphatic heterocycles. The molecule has 3 aromatic rings. The Morgan fingerprint density at radius 1 is 0.921 bits per heavy atom. The van der Waals surface area contributed by atoms with Crippen LogP contribution in [0, 0.1) is 11.7 Å². The molecule has 7 nitrogen and oxygen atoms in total. The molecule has 1 heterocycles. The summed E-state index contributed by atoms with van der Waals surface area (Å²) in [6.45, 7) is 3.75. The van der Waals surface area contributed by atoms with E-state index < -0.39 is 21.8 Å². The van der Waals surface area contributed by atoms with E-state index in [2.05, 4.69) is 5.48 Å². The zero-order chi connectivity index (χ0) is 27.0. The molecule has 1 N–H and O–H groups in total. The van der Waals surface area contributed by atoms with Crippen molar-refractivity contribution in [2.24, 2.45) is 5.92 Å². The number of rotatable bonds is 11. The van der Waals surface area contributed by atoms with Crippen LogP contribution in [0.3, 0.4) is 0 Å². The number of anilines is 1. The lowest BCUT2D eigenvalue weighted by molar-refractivity contribution is -0.138. The number of nitrogens with one attached hydrogen (secondary N) is 1. The van der Waals surface area contributed by atoms with Gasteiger partial charge in [-0.15, -0.1) is 0 Å². The number of nitrogens with zero attached hydrogens (tertiary/aromatic N) is 2. The van der Waals surface area contributed by atoms with Gasteiger partial charge in [-0.05, 0) is 47.7 Å². The van der Waals surface area contributed by atoms with Crippen molar-refractivity contribution >= 4 is 21.6 Å². The van der Waals surface area contributed by atoms with Crippen molar-refractivity contribution in [1.29, 1.82) is 0 Å². The molecule has 0 bridgehead atoms. The normalized spacial score (nSPS) is 16.1. The molecular weight excluding hydrogens is 505 g/mol. The fourth-order valence-electron chi connectivity index (χ4n) is 4.68. The summed E-state index contributed by atoms with van der Waals surface area (Å²) in [5, 5.41) is 0. The zero-order valence-corrected chi connectivity index (χ0v) is 22.3. The first kappa shape index (κ1) is 27.8. The molecule has 2 unspecified atom stereocenters. The van der Waals surface area contributed by atoms with Gasteiger partial charge >= 0.3 is 0 Å². The maximum atomic E-state index is 13.4. The highest BCUT2D eigenvalue weighted by molar-refractivity contribution is 7.89. The van der Waals surface area contributed by atoms with Gasteiger partial charge in [0.15, 0.2) is 0 Å². The Morgan fingerprint density at radius 3 is 2.16 bits per heavy atom. The smallest absolute Gasteiger partial charge is 0.247 e. The van der Waals surface area contributed by atoms with E-state index in [9.17, 15) is 17.6 Å². The fourth-order valence-corrected chi connectivity index (χ4v) is 6.41. The summed E-state index contributed by atoms with van der Waals surface area (Å²) in [6, 6.07) is 25.4. The minimum atomic E-state index is -3.71. The number of hydrogen-bond donors (Lipinski definition) is 1. The lowest BCUT2D eigenvalue weighted by Gasteiger charge is -2.36. The summed E-state index contributed by atoms with van der Waals surface area (Å²) in [4.78, 5) is 20.6. The van der Waals surface area contributed by atoms with E-state index in [-0.39, 0.29) is 24.1 Å². The van der Waals surface area contributed by atoms with Gasteiger partial charge in [-0.3, -0.25) is 9.63 Å². The van der Waals surface area contributed by atoms with Crippen LogP contribution >= 0.6 is 0 Å². The van der Waals surface area contributed by atoms with Crippen LogP contribution in [0.15, 0.2) is 84.9 Å². The number of carbonyl (C=O) groups is 1. The summed E-state index contributed by atoms with van der Waals surface area (Å²) >= 11 is 0. The summed E-state index contributed by atoms with van der Waals surface area (Å²) in [5.41, 5.74) is 5.28. The van der Waals surface area contributed by atoms with Crippen LogP contribution in [0.1, 0.15) is 30.4 Å². The quantitative estimate of drug-likeness (QED) is 0.367. The van der Waals surface area contributed by atoms with Crippen LogP contribution in [-0.4, -0.2) is 50.6 Å². The number of benzene rings is 3. The molecule has 38 heavy (non-hydrogen) atoms. The molecule has 202 valence electrons. The highest BCUT2D eigenvalue weighted by Crippen LogP contribution is 2.26. The van der Waals surface area contributed by atoms with E-state index in [0.29, 0.717) is 32.6 Å². The molecule has 1 amide bonds. The van der Waals surface area contributed by atoms with Crippen molar-refractivity contribution in [2.45, 2.75) is 25.9 Å². The van der Waals surface area contributed by atoms with E-state index in [1.807, 2.05) is 72.5 Å². The fraction of sp³-hybridized carbons (Fsp3) is 0.345. The average Bonchev–Trinajstić information content (AvgIpc) is 2.94. The molecule has 0 saturated carbocycles. The van der Waals surface area contributed by atoms with Gasteiger partial charge in [0.2, 0.25) is 15.9 Å². The minimum Gasteiger partial charge on any atom is -0.369 e. The second kappa shape index (κ2) is 13.0. The lowest BCUT2D eigenvalue weighted by Crippen LogP contribution is -2.50. The third-order valence-corrected chi connectivity index (χ3v) is 8.84. The van der Waals surface area contributed by atoms with Crippen molar-refractivity contribution in [2.75, 3.05) is 36.8 Å². The van der Waals surface area contributed by atoms with Crippen LogP contribution in [0.5, 0.6) is 0 Å². The van der Waals surface area contributed by atoms with Gasteiger partial charge in [0.1, 0.15) is 5.82 Å². The number of halogens is 1. The summed E-state index contributed by atoms with van der Waals surface area (Å²) in [5.74, 6) is -1.87. The Morgan fingerprint density at radius 2 is 1.53 bits per heavy atom. The van der Waals surface area contributed by atoms with Gasteiger partial charge in [0.25, 0.3) is 0 Å². The van der Waals surface area contributed by atoms with Crippen molar-refractivity contribution in [3.63, 3.8) is 0 Å². The molecule has 1 saturated heterocycles. The standard InChI is InChI=1S/C29H34FN3O4S/c1-23(25-10-6-3-7-11-25)20-26(29(34)31-37-21-24-8-4-2-5-9-24)22-38(35,36)33-18-16-32(17-19-33)28-14-12-27(30)13-15-28/h2-15,23,26H,16-22H2,1H3,(H,31,34).